The van der Waals surface area contributed by atoms with E-state index in [9.17, 15) is 4.79 Å². The molecule has 4 heteroatoms. The van der Waals surface area contributed by atoms with Crippen molar-refractivity contribution in [2.45, 2.75) is 38.2 Å². The van der Waals surface area contributed by atoms with Crippen LogP contribution < -0.4 is 4.74 Å². The summed E-state index contributed by atoms with van der Waals surface area (Å²) in [6.45, 7) is 1.78. The SMILES string of the molecule is CC#CC(CC(=O)OC)c1ccc(OC2CCc3cc(-c4cccs4)ccc32)cc1. The van der Waals surface area contributed by atoms with Gasteiger partial charge in [0.25, 0.3) is 0 Å². The van der Waals surface area contributed by atoms with Gasteiger partial charge in [0.2, 0.25) is 0 Å². The lowest BCUT2D eigenvalue weighted by molar-refractivity contribution is -0.140. The minimum absolute atomic E-state index is 0.0736. The molecule has 2 atom stereocenters. The summed E-state index contributed by atoms with van der Waals surface area (Å²) in [5.74, 6) is 6.41. The summed E-state index contributed by atoms with van der Waals surface area (Å²) in [6, 6.07) is 18.9. The summed E-state index contributed by atoms with van der Waals surface area (Å²) < 4.78 is 11.1. The van der Waals surface area contributed by atoms with Gasteiger partial charge in [0.1, 0.15) is 11.9 Å². The Morgan fingerprint density at radius 2 is 2.03 bits per heavy atom. The second-order valence-electron chi connectivity index (χ2n) is 7.33. The summed E-state index contributed by atoms with van der Waals surface area (Å²) in [4.78, 5) is 13.0. The van der Waals surface area contributed by atoms with Gasteiger partial charge in [-0.25, -0.2) is 0 Å². The number of esters is 1. The second kappa shape index (κ2) is 9.19. The molecular weight excluding hydrogens is 392 g/mol. The third kappa shape index (κ3) is 4.42. The molecule has 0 spiro atoms. The molecule has 3 nitrogen and oxygen atoms in total. The van der Waals surface area contributed by atoms with Crippen LogP contribution in [0.15, 0.2) is 60.0 Å². The standard InChI is InChI=1S/C26H24O3S/c1-3-5-19(17-26(27)28-2)18-7-11-22(12-8-18)29-24-14-10-20-16-21(9-13-23(20)24)25-6-4-15-30-25/h4,6-9,11-13,15-16,19,24H,10,14,17H2,1-2H3. The van der Waals surface area contributed by atoms with E-state index < -0.39 is 0 Å². The molecule has 1 heterocycles. The number of hydrogen-bond acceptors (Lipinski definition) is 4. The van der Waals surface area contributed by atoms with Crippen LogP contribution in [0.3, 0.4) is 0 Å². The van der Waals surface area contributed by atoms with E-state index in [4.69, 9.17) is 9.47 Å². The molecule has 30 heavy (non-hydrogen) atoms. The zero-order valence-corrected chi connectivity index (χ0v) is 18.0. The van der Waals surface area contributed by atoms with E-state index in [1.165, 1.54) is 28.7 Å². The topological polar surface area (TPSA) is 35.5 Å². The molecule has 0 saturated heterocycles. The number of benzene rings is 2. The van der Waals surface area contributed by atoms with Crippen molar-refractivity contribution in [1.29, 1.82) is 0 Å². The number of aryl methyl sites for hydroxylation is 1. The van der Waals surface area contributed by atoms with Gasteiger partial charge in [0.05, 0.1) is 19.4 Å². The fraction of sp³-hybridized carbons (Fsp3) is 0.269. The van der Waals surface area contributed by atoms with E-state index in [2.05, 4.69) is 47.6 Å². The number of carbonyl (C=O) groups excluding carboxylic acids is 1. The monoisotopic (exact) mass is 416 g/mol. The van der Waals surface area contributed by atoms with Crippen LogP contribution in [0.25, 0.3) is 10.4 Å². The van der Waals surface area contributed by atoms with Crippen LogP contribution in [-0.2, 0) is 16.0 Å². The predicted molar refractivity (Wildman–Crippen MR) is 121 cm³/mol. The lowest BCUT2D eigenvalue weighted by Crippen LogP contribution is -2.08. The molecule has 3 aromatic rings. The largest absolute Gasteiger partial charge is 0.486 e. The first-order valence-electron chi connectivity index (χ1n) is 10.1. The van der Waals surface area contributed by atoms with Crippen LogP contribution in [0.2, 0.25) is 0 Å². The Morgan fingerprint density at radius 3 is 2.73 bits per heavy atom. The van der Waals surface area contributed by atoms with Crippen LogP contribution in [0.4, 0.5) is 0 Å². The van der Waals surface area contributed by atoms with E-state index >= 15 is 0 Å². The maximum atomic E-state index is 11.7. The van der Waals surface area contributed by atoms with Crippen molar-refractivity contribution < 1.29 is 14.3 Å². The number of hydrogen-bond donors (Lipinski definition) is 0. The van der Waals surface area contributed by atoms with Crippen molar-refractivity contribution in [3.8, 4) is 28.0 Å². The molecule has 4 rings (SSSR count). The highest BCUT2D eigenvalue weighted by Crippen LogP contribution is 2.38. The fourth-order valence-corrected chi connectivity index (χ4v) is 4.64. The maximum Gasteiger partial charge on any atom is 0.307 e. The average Bonchev–Trinajstić information content (AvgIpc) is 3.44. The predicted octanol–water partition coefficient (Wildman–Crippen LogP) is 6.15. The van der Waals surface area contributed by atoms with Crippen molar-refractivity contribution in [2.75, 3.05) is 7.11 Å². The van der Waals surface area contributed by atoms with Crippen LogP contribution >= 0.6 is 11.3 Å². The lowest BCUT2D eigenvalue weighted by Gasteiger charge is -2.16. The van der Waals surface area contributed by atoms with Gasteiger partial charge in [0, 0.05) is 4.88 Å². The highest BCUT2D eigenvalue weighted by Gasteiger charge is 2.25. The number of fused-ring (bicyclic) bond motifs is 1. The lowest BCUT2D eigenvalue weighted by atomic mass is 9.96. The molecule has 1 aliphatic rings. The maximum absolute atomic E-state index is 11.7. The molecule has 1 aromatic heterocycles. The van der Waals surface area contributed by atoms with Gasteiger partial charge >= 0.3 is 5.97 Å². The Morgan fingerprint density at radius 1 is 1.20 bits per heavy atom. The van der Waals surface area contributed by atoms with Gasteiger partial charge in [-0.15, -0.1) is 17.3 Å². The van der Waals surface area contributed by atoms with Gasteiger partial charge in [-0.1, -0.05) is 36.3 Å². The van der Waals surface area contributed by atoms with E-state index in [1.807, 2.05) is 24.3 Å². The van der Waals surface area contributed by atoms with E-state index in [-0.39, 0.29) is 24.4 Å². The minimum atomic E-state index is -0.257. The zero-order valence-electron chi connectivity index (χ0n) is 17.2. The van der Waals surface area contributed by atoms with Crippen molar-refractivity contribution in [3.05, 3.63) is 76.7 Å². The number of ether oxygens (including phenoxy) is 2. The minimum Gasteiger partial charge on any atom is -0.486 e. The summed E-state index contributed by atoms with van der Waals surface area (Å²) in [5, 5.41) is 2.11. The van der Waals surface area contributed by atoms with Gasteiger partial charge in [-0.3, -0.25) is 4.79 Å². The van der Waals surface area contributed by atoms with Crippen molar-refractivity contribution in [3.63, 3.8) is 0 Å². The molecular formula is C26H24O3S. The zero-order chi connectivity index (χ0) is 20.9. The van der Waals surface area contributed by atoms with Gasteiger partial charge in [-0.05, 0) is 71.7 Å². The molecule has 1 aliphatic carbocycles. The Balaban J connectivity index is 1.47. The van der Waals surface area contributed by atoms with Crippen LogP contribution in [-0.4, -0.2) is 13.1 Å². The molecule has 0 radical (unpaired) electrons. The first-order valence-corrected chi connectivity index (χ1v) is 11.0. The van der Waals surface area contributed by atoms with Crippen LogP contribution in [0, 0.1) is 11.8 Å². The summed E-state index contributed by atoms with van der Waals surface area (Å²) in [6.07, 6.45) is 2.34. The van der Waals surface area contributed by atoms with Crippen LogP contribution in [0.1, 0.15) is 48.5 Å². The first kappa shape index (κ1) is 20.3. The van der Waals surface area contributed by atoms with E-state index in [1.54, 1.807) is 18.3 Å². The molecule has 0 amide bonds. The van der Waals surface area contributed by atoms with E-state index in [0.717, 1.165) is 24.2 Å². The first-order chi connectivity index (χ1) is 14.7. The highest BCUT2D eigenvalue weighted by molar-refractivity contribution is 7.13. The third-order valence-electron chi connectivity index (χ3n) is 5.45. The number of methoxy groups -OCH3 is 1. The van der Waals surface area contributed by atoms with Crippen molar-refractivity contribution in [1.82, 2.24) is 0 Å². The third-order valence-corrected chi connectivity index (χ3v) is 6.37. The van der Waals surface area contributed by atoms with Crippen molar-refractivity contribution in [2.24, 2.45) is 0 Å². The molecule has 152 valence electrons. The average molecular weight is 417 g/mol. The van der Waals surface area contributed by atoms with Gasteiger partial charge in [-0.2, -0.15) is 0 Å². The van der Waals surface area contributed by atoms with Gasteiger partial charge in [0.15, 0.2) is 0 Å². The fourth-order valence-electron chi connectivity index (χ4n) is 3.92. The Bertz CT molecular complexity index is 1070. The quantitative estimate of drug-likeness (QED) is 0.357. The normalized spacial score (nSPS) is 15.6. The summed E-state index contributed by atoms with van der Waals surface area (Å²) in [7, 11) is 1.40. The number of thiophene rings is 1. The molecule has 0 aliphatic heterocycles. The number of carbonyl (C=O) groups is 1. The molecule has 0 fully saturated rings. The second-order valence-corrected chi connectivity index (χ2v) is 8.28. The molecule has 0 bridgehead atoms. The van der Waals surface area contributed by atoms with Crippen molar-refractivity contribution >= 4 is 17.3 Å². The summed E-state index contributed by atoms with van der Waals surface area (Å²) >= 11 is 1.77. The van der Waals surface area contributed by atoms with Crippen LogP contribution in [0.5, 0.6) is 5.75 Å². The molecule has 2 unspecified atom stereocenters. The molecule has 0 saturated carbocycles. The smallest absolute Gasteiger partial charge is 0.307 e. The molecule has 2 aromatic carbocycles. The highest BCUT2D eigenvalue weighted by atomic mass is 32.1. The summed E-state index contributed by atoms with van der Waals surface area (Å²) in [5.41, 5.74) is 4.93. The number of rotatable bonds is 6. The Kier molecular flexibility index (Phi) is 6.21. The van der Waals surface area contributed by atoms with Gasteiger partial charge < -0.3 is 9.47 Å². The Hall–Kier alpha value is -3.03. The molecule has 0 N–H and O–H groups in total. The van der Waals surface area contributed by atoms with E-state index in [0.29, 0.717) is 0 Å². The Labute approximate surface area is 181 Å².